The molecule has 180 valence electrons. The largest absolute Gasteiger partial charge is 0.363 e. The van der Waals surface area contributed by atoms with Crippen molar-refractivity contribution < 1.29 is 18.0 Å². The Morgan fingerprint density at radius 2 is 1.82 bits per heavy atom. The zero-order chi connectivity index (χ0) is 24.1. The molecule has 1 aliphatic rings. The monoisotopic (exact) mass is 492 g/mol. The van der Waals surface area contributed by atoms with Gasteiger partial charge in [-0.05, 0) is 43.3 Å². The van der Waals surface area contributed by atoms with Gasteiger partial charge in [-0.3, -0.25) is 14.6 Å². The molecule has 4 rings (SSSR count). The lowest BCUT2D eigenvalue weighted by Crippen LogP contribution is -2.37. The van der Waals surface area contributed by atoms with Crippen LogP contribution >= 0.6 is 11.9 Å². The number of piperidine rings is 1. The first kappa shape index (κ1) is 23.8. The minimum Gasteiger partial charge on any atom is -0.363 e. The van der Waals surface area contributed by atoms with Gasteiger partial charge in [0.15, 0.2) is 11.6 Å². The molecule has 13 heteroatoms. The molecule has 3 heterocycles. The number of likely N-dealkylation sites (tertiary alicyclic amines) is 1. The summed E-state index contributed by atoms with van der Waals surface area (Å²) < 4.78 is 44.0. The number of carbonyl (C=O) groups excluding carboxylic acids is 1. The third kappa shape index (κ3) is 5.78. The zero-order valence-electron chi connectivity index (χ0n) is 18.1. The van der Waals surface area contributed by atoms with E-state index in [-0.39, 0.29) is 41.2 Å². The quantitative estimate of drug-likeness (QED) is 0.410. The molecule has 1 aromatic carbocycles. The van der Waals surface area contributed by atoms with Gasteiger partial charge in [0, 0.05) is 36.3 Å². The molecule has 0 radical (unpaired) electrons. The van der Waals surface area contributed by atoms with Gasteiger partial charge in [-0.1, -0.05) is 0 Å². The lowest BCUT2D eigenvalue weighted by molar-refractivity contribution is -0.132. The number of nitrogens with zero attached hydrogens (tertiary/aromatic N) is 5. The summed E-state index contributed by atoms with van der Waals surface area (Å²) in [4.78, 5) is 22.4. The Balaban J connectivity index is 1.39. The van der Waals surface area contributed by atoms with Crippen LogP contribution in [0.4, 0.5) is 30.6 Å². The number of halogens is 3. The van der Waals surface area contributed by atoms with Crippen molar-refractivity contribution in [3.63, 3.8) is 0 Å². The molecule has 34 heavy (non-hydrogen) atoms. The Morgan fingerprint density at radius 1 is 1.09 bits per heavy atom. The normalized spacial score (nSPS) is 13.7. The van der Waals surface area contributed by atoms with E-state index in [9.17, 15) is 18.0 Å². The van der Waals surface area contributed by atoms with Crippen LogP contribution in [0.1, 0.15) is 24.8 Å². The van der Waals surface area contributed by atoms with Crippen molar-refractivity contribution in [3.8, 4) is 0 Å². The van der Waals surface area contributed by atoms with Crippen LogP contribution in [-0.4, -0.2) is 43.6 Å². The van der Waals surface area contributed by atoms with Crippen molar-refractivity contribution in [2.24, 2.45) is 5.14 Å². The number of nitrogens with one attached hydrogen (secondary N) is 2. The van der Waals surface area contributed by atoms with Crippen molar-refractivity contribution in [2.45, 2.75) is 37.2 Å². The minimum atomic E-state index is -0.806. The van der Waals surface area contributed by atoms with Crippen LogP contribution in [0.25, 0.3) is 0 Å². The van der Waals surface area contributed by atoms with E-state index in [1.807, 2.05) is 4.90 Å². The second kappa shape index (κ2) is 10.7. The van der Waals surface area contributed by atoms with Crippen molar-refractivity contribution in [1.29, 1.82) is 0 Å². The molecule has 1 saturated heterocycles. The van der Waals surface area contributed by atoms with Crippen LogP contribution in [0.3, 0.4) is 0 Å². The van der Waals surface area contributed by atoms with Gasteiger partial charge in [-0.25, -0.2) is 18.2 Å². The standard InChI is InChI=1S/C21H23F3N8OS/c22-16-6-14(34-25)7-17(23)15(16)9-26-20-18(24)10-27-21(30-20)29-13-8-28-32(11-13)12-19(33)31-4-2-1-3-5-31/h6-8,10-11H,1-5,9,12,25H2,(H2,26,27,29,30). The first-order chi connectivity index (χ1) is 16.4. The van der Waals surface area contributed by atoms with Gasteiger partial charge in [0.1, 0.15) is 18.2 Å². The lowest BCUT2D eigenvalue weighted by Gasteiger charge is -2.26. The number of benzene rings is 1. The maximum Gasteiger partial charge on any atom is 0.244 e. The molecule has 1 fully saturated rings. The number of aromatic nitrogens is 4. The van der Waals surface area contributed by atoms with Crippen LogP contribution in [0.2, 0.25) is 0 Å². The third-order valence-electron chi connectivity index (χ3n) is 5.32. The van der Waals surface area contributed by atoms with Crippen LogP contribution in [-0.2, 0) is 17.9 Å². The highest BCUT2D eigenvalue weighted by molar-refractivity contribution is 7.97. The number of nitrogens with two attached hydrogens (primary N) is 1. The number of anilines is 3. The second-order valence-electron chi connectivity index (χ2n) is 7.72. The Morgan fingerprint density at radius 3 is 2.53 bits per heavy atom. The molecule has 0 atom stereocenters. The maximum absolute atomic E-state index is 14.2. The molecular weight excluding hydrogens is 469 g/mol. The van der Waals surface area contributed by atoms with Crippen LogP contribution in [0.15, 0.2) is 35.6 Å². The smallest absolute Gasteiger partial charge is 0.244 e. The Labute approximate surface area is 198 Å². The first-order valence-corrected chi connectivity index (χ1v) is 11.5. The first-order valence-electron chi connectivity index (χ1n) is 10.6. The van der Waals surface area contributed by atoms with Gasteiger partial charge in [0.05, 0.1) is 18.1 Å². The second-order valence-corrected chi connectivity index (χ2v) is 8.43. The minimum absolute atomic E-state index is 0.00331. The molecule has 1 aliphatic heterocycles. The van der Waals surface area contributed by atoms with Gasteiger partial charge in [-0.15, -0.1) is 0 Å². The molecule has 0 saturated carbocycles. The highest BCUT2D eigenvalue weighted by Gasteiger charge is 2.17. The molecule has 0 spiro atoms. The van der Waals surface area contributed by atoms with Gasteiger partial charge in [0.25, 0.3) is 0 Å². The zero-order valence-corrected chi connectivity index (χ0v) is 18.9. The SMILES string of the molecule is NSc1cc(F)c(CNc2nc(Nc3cnn(CC(=O)N4CCCCC4)c3)ncc2F)c(F)c1. The Bertz CT molecular complexity index is 1150. The van der Waals surface area contributed by atoms with E-state index in [1.54, 1.807) is 6.20 Å². The summed E-state index contributed by atoms with van der Waals surface area (Å²) in [5.41, 5.74) is 0.223. The number of hydrogen-bond acceptors (Lipinski definition) is 8. The van der Waals surface area contributed by atoms with E-state index in [1.165, 1.54) is 10.9 Å². The fourth-order valence-electron chi connectivity index (χ4n) is 3.57. The summed E-state index contributed by atoms with van der Waals surface area (Å²) >= 11 is 0.720. The average molecular weight is 493 g/mol. The Kier molecular flexibility index (Phi) is 7.53. The average Bonchev–Trinajstić information content (AvgIpc) is 3.27. The van der Waals surface area contributed by atoms with E-state index in [2.05, 4.69) is 25.7 Å². The molecule has 0 aliphatic carbocycles. The highest BCUT2D eigenvalue weighted by atomic mass is 32.2. The fraction of sp³-hybridized carbons (Fsp3) is 0.333. The summed E-state index contributed by atoms with van der Waals surface area (Å²) in [6.45, 7) is 1.29. The van der Waals surface area contributed by atoms with E-state index in [4.69, 9.17) is 5.14 Å². The maximum atomic E-state index is 14.2. The molecule has 0 bridgehead atoms. The predicted molar refractivity (Wildman–Crippen MR) is 122 cm³/mol. The number of amides is 1. The van der Waals surface area contributed by atoms with E-state index in [0.717, 1.165) is 62.6 Å². The van der Waals surface area contributed by atoms with Gasteiger partial charge >= 0.3 is 0 Å². The summed E-state index contributed by atoms with van der Waals surface area (Å²) in [7, 11) is 0. The van der Waals surface area contributed by atoms with Gasteiger partial charge in [-0.2, -0.15) is 10.1 Å². The summed E-state index contributed by atoms with van der Waals surface area (Å²) in [5, 5.41) is 15.0. The number of hydrogen-bond donors (Lipinski definition) is 3. The topological polar surface area (TPSA) is 114 Å². The van der Waals surface area contributed by atoms with Crippen molar-refractivity contribution in [1.82, 2.24) is 24.6 Å². The third-order valence-corrected chi connectivity index (χ3v) is 5.83. The van der Waals surface area contributed by atoms with Crippen LogP contribution in [0.5, 0.6) is 0 Å². The molecule has 3 aromatic rings. The van der Waals surface area contributed by atoms with E-state index < -0.39 is 17.5 Å². The van der Waals surface area contributed by atoms with Crippen molar-refractivity contribution >= 4 is 35.3 Å². The van der Waals surface area contributed by atoms with E-state index in [0.29, 0.717) is 5.69 Å². The summed E-state index contributed by atoms with van der Waals surface area (Å²) in [6.07, 6.45) is 7.19. The number of carbonyl (C=O) groups is 1. The fourth-order valence-corrected chi connectivity index (χ4v) is 3.91. The van der Waals surface area contributed by atoms with Crippen molar-refractivity contribution in [3.05, 3.63) is 53.7 Å². The van der Waals surface area contributed by atoms with Crippen LogP contribution < -0.4 is 15.8 Å². The summed E-state index contributed by atoms with van der Waals surface area (Å²) in [6, 6.07) is 2.20. The van der Waals surface area contributed by atoms with Crippen molar-refractivity contribution in [2.75, 3.05) is 23.7 Å². The molecule has 2 aromatic heterocycles. The molecular formula is C21H23F3N8OS. The van der Waals surface area contributed by atoms with Gasteiger partial charge < -0.3 is 15.5 Å². The highest BCUT2D eigenvalue weighted by Crippen LogP contribution is 2.22. The Hall–Kier alpha value is -3.32. The molecule has 4 N–H and O–H groups in total. The predicted octanol–water partition coefficient (Wildman–Crippen LogP) is 3.42. The summed E-state index contributed by atoms with van der Waals surface area (Å²) in [5.74, 6) is -2.60. The van der Waals surface area contributed by atoms with E-state index >= 15 is 0 Å². The molecule has 0 unspecified atom stereocenters. The lowest BCUT2D eigenvalue weighted by atomic mass is 10.1. The number of rotatable bonds is 8. The van der Waals surface area contributed by atoms with Crippen LogP contribution in [0, 0.1) is 17.5 Å². The molecule has 1 amide bonds. The van der Waals surface area contributed by atoms with Gasteiger partial charge in [0.2, 0.25) is 11.9 Å². The molecule has 9 nitrogen and oxygen atoms in total.